The molecule has 0 spiro atoms. The molecular formula is C13H15N3. The molecule has 0 unspecified atom stereocenters. The summed E-state index contributed by atoms with van der Waals surface area (Å²) in [4.78, 5) is 12.3. The monoisotopic (exact) mass is 213 g/mol. The number of nitrogens with zero attached hydrogens (tertiary/aromatic N) is 3. The van der Waals surface area contributed by atoms with E-state index < -0.39 is 0 Å². The number of hydrogen-bond acceptors (Lipinski definition) is 3. The Bertz CT molecular complexity index is 357. The van der Waals surface area contributed by atoms with Gasteiger partial charge in [-0.15, -0.1) is 0 Å². The maximum Gasteiger partial charge on any atom is 0.0558 e. The van der Waals surface area contributed by atoms with Crippen LogP contribution < -0.4 is 0 Å². The van der Waals surface area contributed by atoms with Gasteiger partial charge in [-0.3, -0.25) is 15.0 Å². The van der Waals surface area contributed by atoms with Crippen LogP contribution in [0.25, 0.3) is 0 Å². The SMILES string of the molecule is C=C1/C=C\C(=C)/N=C\C=N/CC/C=C\N=C/1. The first-order valence-electron chi connectivity index (χ1n) is 5.05. The van der Waals surface area contributed by atoms with E-state index in [1.807, 2.05) is 12.2 Å². The molecule has 0 radical (unpaired) electrons. The van der Waals surface area contributed by atoms with Crippen LogP contribution in [-0.2, 0) is 0 Å². The van der Waals surface area contributed by atoms with Crippen molar-refractivity contribution in [2.24, 2.45) is 15.0 Å². The van der Waals surface area contributed by atoms with E-state index in [0.717, 1.165) is 18.5 Å². The third-order valence-corrected chi connectivity index (χ3v) is 1.76. The van der Waals surface area contributed by atoms with Crippen LogP contribution in [0.3, 0.4) is 0 Å². The lowest BCUT2D eigenvalue weighted by molar-refractivity contribution is 1.01. The quantitative estimate of drug-likeness (QED) is 0.593. The molecule has 0 saturated carbocycles. The predicted octanol–water partition coefficient (Wildman–Crippen LogP) is 2.74. The van der Waals surface area contributed by atoms with Crippen LogP contribution in [-0.4, -0.2) is 25.2 Å². The van der Waals surface area contributed by atoms with Gasteiger partial charge in [0.15, 0.2) is 0 Å². The summed E-state index contributed by atoms with van der Waals surface area (Å²) in [5, 5.41) is 0. The van der Waals surface area contributed by atoms with Gasteiger partial charge in [-0.25, -0.2) is 0 Å². The normalized spacial score (nSPS) is 27.8. The Morgan fingerprint density at radius 1 is 1.12 bits per heavy atom. The molecule has 3 nitrogen and oxygen atoms in total. The maximum absolute atomic E-state index is 4.15. The number of allylic oxidation sites excluding steroid dienone is 3. The third-order valence-electron chi connectivity index (χ3n) is 1.76. The van der Waals surface area contributed by atoms with Crippen LogP contribution in [0.4, 0.5) is 0 Å². The summed E-state index contributed by atoms with van der Waals surface area (Å²) in [5.74, 6) is 0. The molecule has 0 aromatic carbocycles. The van der Waals surface area contributed by atoms with E-state index in [1.54, 1.807) is 30.9 Å². The predicted molar refractivity (Wildman–Crippen MR) is 71.5 cm³/mol. The van der Waals surface area contributed by atoms with E-state index in [1.165, 1.54) is 0 Å². The first-order chi connectivity index (χ1) is 7.79. The van der Waals surface area contributed by atoms with Gasteiger partial charge in [-0.2, -0.15) is 0 Å². The maximum atomic E-state index is 4.15. The van der Waals surface area contributed by atoms with Gasteiger partial charge in [0.05, 0.1) is 5.70 Å². The topological polar surface area (TPSA) is 37.1 Å². The smallest absolute Gasteiger partial charge is 0.0558 e. The van der Waals surface area contributed by atoms with E-state index in [9.17, 15) is 0 Å². The second-order valence-corrected chi connectivity index (χ2v) is 3.18. The average Bonchev–Trinajstić information content (AvgIpc) is 2.28. The Hall–Kier alpha value is -2.03. The second kappa shape index (κ2) is 7.29. The molecule has 0 fully saturated rings. The Labute approximate surface area is 96.0 Å². The van der Waals surface area contributed by atoms with Crippen molar-refractivity contribution in [3.05, 3.63) is 48.9 Å². The zero-order valence-corrected chi connectivity index (χ0v) is 9.21. The average molecular weight is 213 g/mol. The summed E-state index contributed by atoms with van der Waals surface area (Å²) < 4.78 is 0. The molecule has 0 aromatic rings. The summed E-state index contributed by atoms with van der Waals surface area (Å²) in [6, 6.07) is 0. The summed E-state index contributed by atoms with van der Waals surface area (Å²) in [6.07, 6.45) is 13.2. The standard InChI is InChI=1S/C13H15N3/c1-12-5-6-13(2)16-10-9-14-7-3-4-8-15-11-12/h4-6,8-11H,1-3,7H2/b6-5-,8-4-,14-9-,15-11-,16-10-. The summed E-state index contributed by atoms with van der Waals surface area (Å²) >= 11 is 0. The fourth-order valence-corrected chi connectivity index (χ4v) is 0.963. The van der Waals surface area contributed by atoms with Crippen molar-refractivity contribution < 1.29 is 0 Å². The molecule has 0 N–H and O–H groups in total. The molecule has 0 amide bonds. The van der Waals surface area contributed by atoms with E-state index in [4.69, 9.17) is 0 Å². The lowest BCUT2D eigenvalue weighted by atomic mass is 10.3. The Morgan fingerprint density at radius 2 is 2.00 bits per heavy atom. The molecule has 0 atom stereocenters. The van der Waals surface area contributed by atoms with Crippen molar-refractivity contribution in [2.75, 3.05) is 6.54 Å². The van der Waals surface area contributed by atoms with Gasteiger partial charge in [0.2, 0.25) is 0 Å². The van der Waals surface area contributed by atoms with Gasteiger partial charge >= 0.3 is 0 Å². The molecule has 1 heterocycles. The highest BCUT2D eigenvalue weighted by Gasteiger charge is 1.84. The molecular weight excluding hydrogens is 198 g/mol. The molecule has 0 aromatic heterocycles. The van der Waals surface area contributed by atoms with Crippen LogP contribution in [0.1, 0.15) is 6.42 Å². The minimum atomic E-state index is 0.661. The molecule has 0 saturated heterocycles. The highest BCUT2D eigenvalue weighted by Crippen LogP contribution is 1.98. The Balaban J connectivity index is 2.75. The van der Waals surface area contributed by atoms with E-state index in [-0.39, 0.29) is 0 Å². The molecule has 16 heavy (non-hydrogen) atoms. The van der Waals surface area contributed by atoms with Crippen molar-refractivity contribution in [2.45, 2.75) is 6.42 Å². The van der Waals surface area contributed by atoms with Crippen molar-refractivity contribution in [3.8, 4) is 0 Å². The van der Waals surface area contributed by atoms with E-state index in [2.05, 4.69) is 28.1 Å². The molecule has 0 aliphatic carbocycles. The highest BCUT2D eigenvalue weighted by molar-refractivity contribution is 6.16. The van der Waals surface area contributed by atoms with Crippen molar-refractivity contribution in [1.29, 1.82) is 0 Å². The first-order valence-corrected chi connectivity index (χ1v) is 5.05. The minimum Gasteiger partial charge on any atom is -0.291 e. The van der Waals surface area contributed by atoms with E-state index >= 15 is 0 Å². The van der Waals surface area contributed by atoms with Crippen LogP contribution >= 0.6 is 0 Å². The summed E-state index contributed by atoms with van der Waals surface area (Å²) in [6.45, 7) is 8.34. The van der Waals surface area contributed by atoms with Crippen molar-refractivity contribution in [1.82, 2.24) is 0 Å². The molecule has 1 aliphatic rings. The molecule has 3 heteroatoms. The van der Waals surface area contributed by atoms with Gasteiger partial charge in [-0.1, -0.05) is 25.3 Å². The van der Waals surface area contributed by atoms with Crippen molar-refractivity contribution >= 4 is 18.6 Å². The lowest BCUT2D eigenvalue weighted by Gasteiger charge is -1.91. The fraction of sp³-hybridized carbons (Fsp3) is 0.154. The van der Waals surface area contributed by atoms with Crippen LogP contribution in [0.15, 0.2) is 63.8 Å². The molecule has 1 aliphatic heterocycles. The minimum absolute atomic E-state index is 0.661. The van der Waals surface area contributed by atoms with Gasteiger partial charge in [0.25, 0.3) is 0 Å². The Kier molecular flexibility index (Phi) is 5.48. The van der Waals surface area contributed by atoms with Crippen molar-refractivity contribution in [3.63, 3.8) is 0 Å². The van der Waals surface area contributed by atoms with E-state index in [0.29, 0.717) is 5.70 Å². The number of aliphatic imine (C=N–C) groups is 3. The van der Waals surface area contributed by atoms with Gasteiger partial charge in [0, 0.05) is 31.4 Å². The third kappa shape index (κ3) is 5.65. The summed E-state index contributed by atoms with van der Waals surface area (Å²) in [5.41, 5.74) is 1.47. The second-order valence-electron chi connectivity index (χ2n) is 3.18. The molecule has 0 bridgehead atoms. The number of hydrogen-bond donors (Lipinski definition) is 0. The highest BCUT2D eigenvalue weighted by atomic mass is 14.8. The van der Waals surface area contributed by atoms with Gasteiger partial charge < -0.3 is 0 Å². The fourth-order valence-electron chi connectivity index (χ4n) is 0.963. The lowest BCUT2D eigenvalue weighted by Crippen LogP contribution is -1.83. The summed E-state index contributed by atoms with van der Waals surface area (Å²) in [7, 11) is 0. The first kappa shape index (κ1) is 12.0. The zero-order valence-electron chi connectivity index (χ0n) is 9.21. The number of rotatable bonds is 0. The van der Waals surface area contributed by atoms with Crippen LogP contribution in [0, 0.1) is 0 Å². The van der Waals surface area contributed by atoms with Crippen LogP contribution in [0.5, 0.6) is 0 Å². The zero-order chi connectivity index (χ0) is 11.6. The molecule has 1 rings (SSSR count). The Morgan fingerprint density at radius 3 is 2.88 bits per heavy atom. The molecule has 82 valence electrons. The van der Waals surface area contributed by atoms with Crippen LogP contribution in [0.2, 0.25) is 0 Å². The largest absolute Gasteiger partial charge is 0.291 e. The van der Waals surface area contributed by atoms with Gasteiger partial charge in [-0.05, 0) is 18.1 Å². The van der Waals surface area contributed by atoms with Gasteiger partial charge in [0.1, 0.15) is 0 Å².